The van der Waals surface area contributed by atoms with Crippen molar-refractivity contribution >= 4 is 0 Å². The molecule has 0 aliphatic rings. The third-order valence-electron chi connectivity index (χ3n) is 3.91. The van der Waals surface area contributed by atoms with Gasteiger partial charge >= 0.3 is 0 Å². The molecule has 2 atom stereocenters. The van der Waals surface area contributed by atoms with Crippen molar-refractivity contribution < 1.29 is 4.74 Å². The zero-order valence-corrected chi connectivity index (χ0v) is 12.6. The van der Waals surface area contributed by atoms with Gasteiger partial charge in [0, 0.05) is 6.04 Å². The third kappa shape index (κ3) is 4.02. The highest BCUT2D eigenvalue weighted by molar-refractivity contribution is 5.30. The Morgan fingerprint density at radius 2 is 1.94 bits per heavy atom. The van der Waals surface area contributed by atoms with Crippen LogP contribution in [0.5, 0.6) is 5.75 Å². The van der Waals surface area contributed by atoms with E-state index in [0.717, 1.165) is 12.2 Å². The van der Waals surface area contributed by atoms with Crippen LogP contribution in [-0.2, 0) is 0 Å². The van der Waals surface area contributed by atoms with Crippen molar-refractivity contribution in [1.82, 2.24) is 5.32 Å². The van der Waals surface area contributed by atoms with Crippen LogP contribution in [0.1, 0.15) is 45.7 Å². The van der Waals surface area contributed by atoms with Gasteiger partial charge in [-0.15, -0.1) is 0 Å². The fraction of sp³-hybridized carbons (Fsp3) is 0.625. The first-order valence-electron chi connectivity index (χ1n) is 6.69. The molecular formula is C16H27NO. The van der Waals surface area contributed by atoms with Crippen molar-refractivity contribution in [1.29, 1.82) is 0 Å². The molecule has 0 saturated heterocycles. The molecule has 2 unspecified atom stereocenters. The summed E-state index contributed by atoms with van der Waals surface area (Å²) in [6, 6.07) is 8.72. The minimum absolute atomic E-state index is 0.341. The topological polar surface area (TPSA) is 21.3 Å². The quantitative estimate of drug-likeness (QED) is 0.850. The van der Waals surface area contributed by atoms with E-state index >= 15 is 0 Å². The minimum atomic E-state index is 0.341. The summed E-state index contributed by atoms with van der Waals surface area (Å²) in [5, 5.41) is 3.42. The molecule has 2 heteroatoms. The lowest BCUT2D eigenvalue weighted by Crippen LogP contribution is -2.25. The maximum atomic E-state index is 5.29. The van der Waals surface area contributed by atoms with Crippen molar-refractivity contribution in [2.45, 2.75) is 40.2 Å². The summed E-state index contributed by atoms with van der Waals surface area (Å²) in [4.78, 5) is 0. The second kappa shape index (κ2) is 6.24. The predicted molar refractivity (Wildman–Crippen MR) is 78.0 cm³/mol. The molecule has 1 aromatic rings. The Hall–Kier alpha value is -1.02. The molecule has 0 aliphatic heterocycles. The summed E-state index contributed by atoms with van der Waals surface area (Å²) in [5.74, 6) is 1.58. The number of ether oxygens (including phenoxy) is 1. The van der Waals surface area contributed by atoms with Crippen LogP contribution in [0, 0.1) is 11.3 Å². The Morgan fingerprint density at radius 3 is 2.44 bits per heavy atom. The molecule has 0 aliphatic carbocycles. The van der Waals surface area contributed by atoms with E-state index in [9.17, 15) is 0 Å². The molecule has 2 nitrogen and oxygen atoms in total. The lowest BCUT2D eigenvalue weighted by Gasteiger charge is -2.31. The highest BCUT2D eigenvalue weighted by Gasteiger charge is 2.23. The largest absolute Gasteiger partial charge is 0.497 e. The minimum Gasteiger partial charge on any atom is -0.497 e. The van der Waals surface area contributed by atoms with Gasteiger partial charge in [0.25, 0.3) is 0 Å². The molecule has 102 valence electrons. The van der Waals surface area contributed by atoms with Gasteiger partial charge in [0.05, 0.1) is 7.11 Å². The van der Waals surface area contributed by atoms with E-state index in [1.807, 2.05) is 13.1 Å². The lowest BCUT2D eigenvalue weighted by molar-refractivity contribution is 0.226. The molecular weight excluding hydrogens is 222 g/mol. The molecule has 0 aromatic heterocycles. The summed E-state index contributed by atoms with van der Waals surface area (Å²) >= 11 is 0. The second-order valence-corrected chi connectivity index (χ2v) is 6.12. The summed E-state index contributed by atoms with van der Waals surface area (Å²) < 4.78 is 5.29. The van der Waals surface area contributed by atoms with Gasteiger partial charge in [0.1, 0.15) is 5.75 Å². The lowest BCUT2D eigenvalue weighted by atomic mass is 9.77. The van der Waals surface area contributed by atoms with E-state index in [1.165, 1.54) is 5.56 Å². The Bertz CT molecular complexity index is 368. The van der Waals surface area contributed by atoms with Crippen LogP contribution in [0.25, 0.3) is 0 Å². The van der Waals surface area contributed by atoms with Crippen molar-refractivity contribution in [2.75, 3.05) is 14.2 Å². The van der Waals surface area contributed by atoms with Gasteiger partial charge < -0.3 is 10.1 Å². The molecule has 0 radical (unpaired) electrons. The molecule has 0 bridgehead atoms. The first-order valence-corrected chi connectivity index (χ1v) is 6.69. The molecule has 0 fully saturated rings. The Kier molecular flexibility index (Phi) is 5.21. The fourth-order valence-electron chi connectivity index (χ4n) is 1.99. The summed E-state index contributed by atoms with van der Waals surface area (Å²) in [5.41, 5.74) is 1.64. The SMILES string of the molecule is CNC(CC(C)C(C)(C)C)c1cccc(OC)c1. The van der Waals surface area contributed by atoms with Crippen LogP contribution in [0.15, 0.2) is 24.3 Å². The zero-order valence-electron chi connectivity index (χ0n) is 12.6. The van der Waals surface area contributed by atoms with E-state index in [0.29, 0.717) is 17.4 Å². The normalized spacial score (nSPS) is 15.2. The fourth-order valence-corrected chi connectivity index (χ4v) is 1.99. The van der Waals surface area contributed by atoms with Crippen molar-refractivity contribution in [3.8, 4) is 5.75 Å². The zero-order chi connectivity index (χ0) is 13.8. The highest BCUT2D eigenvalue weighted by atomic mass is 16.5. The van der Waals surface area contributed by atoms with Gasteiger partial charge in [-0.3, -0.25) is 0 Å². The number of rotatable bonds is 5. The van der Waals surface area contributed by atoms with Crippen LogP contribution in [0.4, 0.5) is 0 Å². The van der Waals surface area contributed by atoms with E-state index in [4.69, 9.17) is 4.74 Å². The molecule has 1 rings (SSSR count). The van der Waals surface area contributed by atoms with Crippen LogP contribution in [0.3, 0.4) is 0 Å². The first-order chi connectivity index (χ1) is 8.38. The van der Waals surface area contributed by atoms with Gasteiger partial charge in [-0.05, 0) is 42.5 Å². The van der Waals surface area contributed by atoms with Gasteiger partial charge in [-0.1, -0.05) is 39.8 Å². The molecule has 18 heavy (non-hydrogen) atoms. The van der Waals surface area contributed by atoms with Gasteiger partial charge in [-0.25, -0.2) is 0 Å². The Morgan fingerprint density at radius 1 is 1.28 bits per heavy atom. The number of benzene rings is 1. The number of hydrogen-bond donors (Lipinski definition) is 1. The third-order valence-corrected chi connectivity index (χ3v) is 3.91. The highest BCUT2D eigenvalue weighted by Crippen LogP contribution is 2.33. The molecule has 0 amide bonds. The van der Waals surface area contributed by atoms with E-state index < -0.39 is 0 Å². The molecule has 1 N–H and O–H groups in total. The smallest absolute Gasteiger partial charge is 0.119 e. The van der Waals surface area contributed by atoms with Gasteiger partial charge in [0.15, 0.2) is 0 Å². The number of methoxy groups -OCH3 is 1. The Balaban J connectivity index is 2.82. The van der Waals surface area contributed by atoms with Crippen LogP contribution in [0.2, 0.25) is 0 Å². The monoisotopic (exact) mass is 249 g/mol. The maximum absolute atomic E-state index is 5.29. The number of hydrogen-bond acceptors (Lipinski definition) is 2. The maximum Gasteiger partial charge on any atom is 0.119 e. The Labute approximate surface area is 112 Å². The van der Waals surface area contributed by atoms with Gasteiger partial charge in [-0.2, -0.15) is 0 Å². The molecule has 0 heterocycles. The summed E-state index contributed by atoms with van der Waals surface area (Å²) in [7, 11) is 3.74. The number of nitrogens with one attached hydrogen (secondary N) is 1. The van der Waals surface area contributed by atoms with Gasteiger partial charge in [0.2, 0.25) is 0 Å². The average molecular weight is 249 g/mol. The molecule has 0 saturated carbocycles. The molecule has 0 spiro atoms. The van der Waals surface area contributed by atoms with Crippen LogP contribution >= 0.6 is 0 Å². The van der Waals surface area contributed by atoms with Crippen molar-refractivity contribution in [3.05, 3.63) is 29.8 Å². The van der Waals surface area contributed by atoms with Crippen LogP contribution in [-0.4, -0.2) is 14.2 Å². The van der Waals surface area contributed by atoms with Crippen molar-refractivity contribution in [3.63, 3.8) is 0 Å². The predicted octanol–water partition coefficient (Wildman–Crippen LogP) is 4.03. The summed E-state index contributed by atoms with van der Waals surface area (Å²) in [6.45, 7) is 9.23. The summed E-state index contributed by atoms with van der Waals surface area (Å²) in [6.07, 6.45) is 1.13. The van der Waals surface area contributed by atoms with Crippen LogP contribution < -0.4 is 10.1 Å². The first kappa shape index (κ1) is 15.0. The van der Waals surface area contributed by atoms with E-state index in [-0.39, 0.29) is 0 Å². The average Bonchev–Trinajstić information content (AvgIpc) is 2.34. The van der Waals surface area contributed by atoms with E-state index in [1.54, 1.807) is 7.11 Å². The van der Waals surface area contributed by atoms with Crippen molar-refractivity contribution in [2.24, 2.45) is 11.3 Å². The standard InChI is InChI=1S/C16H27NO/c1-12(16(2,3)4)10-15(17-5)13-8-7-9-14(11-13)18-6/h7-9,11-12,15,17H,10H2,1-6H3. The van der Waals surface area contributed by atoms with E-state index in [2.05, 4.69) is 51.2 Å². The second-order valence-electron chi connectivity index (χ2n) is 6.12. The molecule has 1 aromatic carbocycles.